The van der Waals surface area contributed by atoms with E-state index in [0.29, 0.717) is 6.54 Å². The predicted octanol–water partition coefficient (Wildman–Crippen LogP) is 1.52. The Morgan fingerprint density at radius 1 is 1.48 bits per heavy atom. The molecular weight excluding hydrogens is 314 g/mol. The fraction of sp³-hybridized carbons (Fsp3) is 0.462. The first kappa shape index (κ1) is 16.1. The molecule has 6 nitrogen and oxygen atoms in total. The third-order valence-electron chi connectivity index (χ3n) is 3.31. The van der Waals surface area contributed by atoms with Gasteiger partial charge in [-0.05, 0) is 25.1 Å². The number of aromatic carboxylic acids is 1. The number of carboxylic acids is 1. The molecule has 1 aliphatic rings. The fourth-order valence-corrected chi connectivity index (χ4v) is 5.10. The molecule has 1 N–H and O–H groups in total. The van der Waals surface area contributed by atoms with Gasteiger partial charge in [-0.3, -0.25) is 0 Å². The zero-order chi connectivity index (χ0) is 15.6. The van der Waals surface area contributed by atoms with Crippen LogP contribution >= 0.6 is 11.8 Å². The zero-order valence-corrected chi connectivity index (χ0v) is 13.4. The molecule has 8 heteroatoms. The molecule has 1 heterocycles. The Morgan fingerprint density at radius 3 is 2.76 bits per heavy atom. The van der Waals surface area contributed by atoms with Gasteiger partial charge in [0.2, 0.25) is 10.0 Å². The first-order chi connectivity index (χ1) is 9.87. The second-order valence-corrected chi connectivity index (χ2v) is 7.75. The van der Waals surface area contributed by atoms with Crippen molar-refractivity contribution in [2.45, 2.75) is 17.9 Å². The maximum absolute atomic E-state index is 12.7. The van der Waals surface area contributed by atoms with Gasteiger partial charge in [0.25, 0.3) is 0 Å². The molecule has 0 amide bonds. The highest BCUT2D eigenvalue weighted by Gasteiger charge is 2.32. The topological polar surface area (TPSA) is 83.9 Å². The summed E-state index contributed by atoms with van der Waals surface area (Å²) >= 11 is 1.71. The Hall–Kier alpha value is -1.25. The van der Waals surface area contributed by atoms with E-state index in [1.807, 2.05) is 6.92 Å². The molecule has 116 valence electrons. The van der Waals surface area contributed by atoms with Crippen LogP contribution in [0.5, 0.6) is 5.75 Å². The SMILES string of the molecule is COc1ccc(S(=O)(=O)N2CCSCC2C)cc1C(=O)O. The van der Waals surface area contributed by atoms with Crippen molar-refractivity contribution in [3.8, 4) is 5.75 Å². The number of ether oxygens (including phenoxy) is 1. The molecule has 0 spiro atoms. The van der Waals surface area contributed by atoms with Gasteiger partial charge >= 0.3 is 5.97 Å². The second-order valence-electron chi connectivity index (χ2n) is 4.71. The molecule has 0 aliphatic carbocycles. The number of methoxy groups -OCH3 is 1. The van der Waals surface area contributed by atoms with Crippen molar-refractivity contribution in [3.63, 3.8) is 0 Å². The van der Waals surface area contributed by atoms with Crippen LogP contribution in [0.1, 0.15) is 17.3 Å². The average molecular weight is 331 g/mol. The molecular formula is C13H17NO5S2. The number of carboxylic acid groups (broad SMARTS) is 1. The maximum atomic E-state index is 12.7. The van der Waals surface area contributed by atoms with Crippen LogP contribution in [0.4, 0.5) is 0 Å². The molecule has 1 aliphatic heterocycles. The third kappa shape index (κ3) is 3.17. The van der Waals surface area contributed by atoms with E-state index in [1.165, 1.54) is 23.5 Å². The molecule has 0 aromatic heterocycles. The van der Waals surface area contributed by atoms with Crippen LogP contribution in [0.25, 0.3) is 0 Å². The number of rotatable bonds is 4. The Bertz CT molecular complexity index is 644. The lowest BCUT2D eigenvalue weighted by Gasteiger charge is -2.32. The van der Waals surface area contributed by atoms with Gasteiger partial charge in [-0.1, -0.05) is 0 Å². The first-order valence-electron chi connectivity index (χ1n) is 6.39. The quantitative estimate of drug-likeness (QED) is 0.900. The summed E-state index contributed by atoms with van der Waals surface area (Å²) in [6, 6.07) is 3.81. The van der Waals surface area contributed by atoms with Gasteiger partial charge in [0, 0.05) is 24.1 Å². The van der Waals surface area contributed by atoms with E-state index in [9.17, 15) is 13.2 Å². The van der Waals surface area contributed by atoms with Crippen molar-refractivity contribution in [3.05, 3.63) is 23.8 Å². The molecule has 1 atom stereocenters. The molecule has 1 aromatic rings. The Morgan fingerprint density at radius 2 is 2.19 bits per heavy atom. The van der Waals surface area contributed by atoms with E-state index < -0.39 is 16.0 Å². The van der Waals surface area contributed by atoms with E-state index in [0.717, 1.165) is 17.6 Å². The van der Waals surface area contributed by atoms with Crippen molar-refractivity contribution in [2.24, 2.45) is 0 Å². The van der Waals surface area contributed by atoms with Gasteiger partial charge in [-0.25, -0.2) is 13.2 Å². The second kappa shape index (κ2) is 6.25. The summed E-state index contributed by atoms with van der Waals surface area (Å²) in [7, 11) is -2.34. The summed E-state index contributed by atoms with van der Waals surface area (Å²) < 4.78 is 31.7. The highest BCUT2D eigenvalue weighted by molar-refractivity contribution is 7.99. The number of hydrogen-bond donors (Lipinski definition) is 1. The van der Waals surface area contributed by atoms with Crippen LogP contribution in [0.3, 0.4) is 0 Å². The van der Waals surface area contributed by atoms with Gasteiger partial charge < -0.3 is 9.84 Å². The van der Waals surface area contributed by atoms with Gasteiger partial charge in [0.05, 0.1) is 12.0 Å². The standard InChI is InChI=1S/C13H17NO5S2/c1-9-8-20-6-5-14(9)21(17,18)10-3-4-12(19-2)11(7-10)13(15)16/h3-4,7,9H,5-6,8H2,1-2H3,(H,15,16). The summed E-state index contributed by atoms with van der Waals surface area (Å²) in [6.07, 6.45) is 0. The van der Waals surface area contributed by atoms with Crippen LogP contribution < -0.4 is 4.74 Å². The minimum absolute atomic E-state index is 0.0144. The summed E-state index contributed by atoms with van der Waals surface area (Å²) in [6.45, 7) is 2.29. The van der Waals surface area contributed by atoms with Gasteiger partial charge in [-0.15, -0.1) is 0 Å². The van der Waals surface area contributed by atoms with E-state index in [4.69, 9.17) is 9.84 Å². The number of benzene rings is 1. The molecule has 0 bridgehead atoms. The third-order valence-corrected chi connectivity index (χ3v) is 6.51. The van der Waals surface area contributed by atoms with E-state index in [2.05, 4.69) is 0 Å². The van der Waals surface area contributed by atoms with Gasteiger partial charge in [0.1, 0.15) is 11.3 Å². The maximum Gasteiger partial charge on any atom is 0.339 e. The summed E-state index contributed by atoms with van der Waals surface area (Å²) in [5.74, 6) is 0.405. The van der Waals surface area contributed by atoms with Crippen molar-refractivity contribution in [2.75, 3.05) is 25.2 Å². The summed E-state index contributed by atoms with van der Waals surface area (Å²) in [4.78, 5) is 11.2. The predicted molar refractivity (Wildman–Crippen MR) is 80.6 cm³/mol. The number of hydrogen-bond acceptors (Lipinski definition) is 5. The number of nitrogens with zero attached hydrogens (tertiary/aromatic N) is 1. The molecule has 2 rings (SSSR count). The lowest BCUT2D eigenvalue weighted by atomic mass is 10.2. The Balaban J connectivity index is 2.45. The first-order valence-corrected chi connectivity index (χ1v) is 8.98. The Labute approximate surface area is 128 Å². The largest absolute Gasteiger partial charge is 0.496 e. The van der Waals surface area contributed by atoms with E-state index in [1.54, 1.807) is 11.8 Å². The number of thioether (sulfide) groups is 1. The minimum Gasteiger partial charge on any atom is -0.496 e. The van der Waals surface area contributed by atoms with Crippen molar-refractivity contribution in [1.29, 1.82) is 0 Å². The molecule has 21 heavy (non-hydrogen) atoms. The van der Waals surface area contributed by atoms with Gasteiger partial charge in [0.15, 0.2) is 0 Å². The highest BCUT2D eigenvalue weighted by Crippen LogP contribution is 2.28. The van der Waals surface area contributed by atoms with Crippen molar-refractivity contribution >= 4 is 27.8 Å². The van der Waals surface area contributed by atoms with Crippen molar-refractivity contribution < 1.29 is 23.1 Å². The normalized spacial score (nSPS) is 20.2. The van der Waals surface area contributed by atoms with E-state index >= 15 is 0 Å². The Kier molecular flexibility index (Phi) is 4.80. The van der Waals surface area contributed by atoms with Crippen LogP contribution in [0, 0.1) is 0 Å². The lowest BCUT2D eigenvalue weighted by Crippen LogP contribution is -2.44. The van der Waals surface area contributed by atoms with Crippen LogP contribution in [-0.4, -0.2) is 55.0 Å². The molecule has 1 aromatic carbocycles. The zero-order valence-electron chi connectivity index (χ0n) is 11.8. The highest BCUT2D eigenvalue weighted by atomic mass is 32.2. The fourth-order valence-electron chi connectivity index (χ4n) is 2.22. The summed E-state index contributed by atoms with van der Waals surface area (Å²) in [5, 5.41) is 9.16. The molecule has 0 radical (unpaired) electrons. The van der Waals surface area contributed by atoms with E-state index in [-0.39, 0.29) is 22.3 Å². The van der Waals surface area contributed by atoms with Crippen LogP contribution in [0.2, 0.25) is 0 Å². The number of carbonyl (C=O) groups is 1. The molecule has 1 unspecified atom stereocenters. The van der Waals surface area contributed by atoms with Crippen molar-refractivity contribution in [1.82, 2.24) is 4.31 Å². The van der Waals surface area contributed by atoms with Gasteiger partial charge in [-0.2, -0.15) is 16.1 Å². The smallest absolute Gasteiger partial charge is 0.339 e. The van der Waals surface area contributed by atoms with Crippen LogP contribution in [-0.2, 0) is 10.0 Å². The molecule has 0 saturated carbocycles. The molecule has 1 fully saturated rings. The minimum atomic E-state index is -3.69. The van der Waals surface area contributed by atoms with Crippen LogP contribution in [0.15, 0.2) is 23.1 Å². The average Bonchev–Trinajstić information content (AvgIpc) is 2.46. The monoisotopic (exact) mass is 331 g/mol. The number of sulfonamides is 1. The lowest BCUT2D eigenvalue weighted by molar-refractivity contribution is 0.0693. The molecule has 1 saturated heterocycles. The summed E-state index contributed by atoms with van der Waals surface area (Å²) in [5.41, 5.74) is -0.155.